The van der Waals surface area contributed by atoms with E-state index in [9.17, 15) is 0 Å². The highest BCUT2D eigenvalue weighted by Gasteiger charge is 2.15. The third-order valence-corrected chi connectivity index (χ3v) is 3.80. The second-order valence-corrected chi connectivity index (χ2v) is 6.15. The Labute approximate surface area is 123 Å². The molecular formula is C19H25N. The molecule has 1 nitrogen and oxygen atoms in total. The number of hydrogen-bond donors (Lipinski definition) is 0. The summed E-state index contributed by atoms with van der Waals surface area (Å²) in [5, 5.41) is 0. The van der Waals surface area contributed by atoms with Gasteiger partial charge in [-0.25, -0.2) is 0 Å². The highest BCUT2D eigenvalue weighted by Crippen LogP contribution is 2.30. The summed E-state index contributed by atoms with van der Waals surface area (Å²) in [6.45, 7) is 12.7. The molecule has 1 heteroatoms. The maximum atomic E-state index is 4.85. The molecule has 1 aromatic heterocycles. The second kappa shape index (κ2) is 6.21. The lowest BCUT2D eigenvalue weighted by atomic mass is 9.93. The van der Waals surface area contributed by atoms with Gasteiger partial charge in [0.1, 0.15) is 0 Å². The highest BCUT2D eigenvalue weighted by molar-refractivity contribution is 5.68. The Morgan fingerprint density at radius 1 is 1.15 bits per heavy atom. The largest absolute Gasteiger partial charge is 0.253 e. The Bertz CT molecular complexity index is 547. The molecule has 0 aliphatic heterocycles. The topological polar surface area (TPSA) is 12.9 Å². The van der Waals surface area contributed by atoms with Crippen molar-refractivity contribution in [3.05, 3.63) is 53.4 Å². The van der Waals surface area contributed by atoms with Gasteiger partial charge in [-0.1, -0.05) is 52.0 Å². The number of rotatable bonds is 4. The number of allylic oxidation sites excluding steroid dienone is 3. The maximum absolute atomic E-state index is 4.85. The van der Waals surface area contributed by atoms with Crippen molar-refractivity contribution in [1.29, 1.82) is 0 Å². The molecule has 0 saturated carbocycles. The van der Waals surface area contributed by atoms with Gasteiger partial charge in [0, 0.05) is 11.3 Å². The van der Waals surface area contributed by atoms with Crippen LogP contribution in [0.5, 0.6) is 0 Å². The third-order valence-electron chi connectivity index (χ3n) is 3.80. The van der Waals surface area contributed by atoms with Crippen LogP contribution in [0.1, 0.15) is 68.5 Å². The normalized spacial score (nSPS) is 17.4. The lowest BCUT2D eigenvalue weighted by molar-refractivity contribution is 0.795. The Morgan fingerprint density at radius 2 is 1.85 bits per heavy atom. The van der Waals surface area contributed by atoms with Gasteiger partial charge in [-0.15, -0.1) is 6.58 Å². The van der Waals surface area contributed by atoms with E-state index in [0.717, 1.165) is 12.1 Å². The summed E-state index contributed by atoms with van der Waals surface area (Å²) in [4.78, 5) is 4.85. The van der Waals surface area contributed by atoms with Gasteiger partial charge in [-0.3, -0.25) is 4.98 Å². The van der Waals surface area contributed by atoms with E-state index in [4.69, 9.17) is 4.98 Å². The van der Waals surface area contributed by atoms with Gasteiger partial charge in [0.15, 0.2) is 0 Å². The lowest BCUT2D eigenvalue weighted by Crippen LogP contribution is -2.03. The fourth-order valence-electron chi connectivity index (χ4n) is 2.55. The number of pyridine rings is 1. The molecule has 1 atom stereocenters. The van der Waals surface area contributed by atoms with E-state index in [1.807, 2.05) is 6.08 Å². The first-order valence-electron chi connectivity index (χ1n) is 7.55. The van der Waals surface area contributed by atoms with Crippen molar-refractivity contribution in [2.75, 3.05) is 0 Å². The molecule has 0 radical (unpaired) electrons. The molecule has 1 aliphatic carbocycles. The smallest absolute Gasteiger partial charge is 0.0705 e. The molecule has 106 valence electrons. The van der Waals surface area contributed by atoms with Crippen molar-refractivity contribution in [2.45, 2.75) is 46.0 Å². The highest BCUT2D eigenvalue weighted by atomic mass is 14.7. The van der Waals surface area contributed by atoms with Gasteiger partial charge in [0.05, 0.1) is 5.69 Å². The van der Waals surface area contributed by atoms with E-state index in [1.54, 1.807) is 0 Å². The summed E-state index contributed by atoms with van der Waals surface area (Å²) in [6, 6.07) is 2.28. The Kier molecular flexibility index (Phi) is 4.59. The predicted octanol–water partition coefficient (Wildman–Crippen LogP) is 5.56. The first-order chi connectivity index (χ1) is 9.52. The number of hydrogen-bond acceptors (Lipinski definition) is 1. The fraction of sp³-hybridized carbons (Fsp3) is 0.421. The van der Waals surface area contributed by atoms with Gasteiger partial charge in [0.25, 0.3) is 0 Å². The molecule has 0 aromatic carbocycles. The van der Waals surface area contributed by atoms with Crippen molar-refractivity contribution in [1.82, 2.24) is 4.98 Å². The van der Waals surface area contributed by atoms with E-state index in [0.29, 0.717) is 17.8 Å². The van der Waals surface area contributed by atoms with E-state index >= 15 is 0 Å². The minimum Gasteiger partial charge on any atom is -0.253 e. The zero-order chi connectivity index (χ0) is 14.7. The average molecular weight is 267 g/mol. The quantitative estimate of drug-likeness (QED) is 0.651. The predicted molar refractivity (Wildman–Crippen MR) is 88.8 cm³/mol. The van der Waals surface area contributed by atoms with Crippen LogP contribution in [0.25, 0.3) is 12.2 Å². The van der Waals surface area contributed by atoms with Crippen LogP contribution in [-0.2, 0) is 0 Å². The van der Waals surface area contributed by atoms with Crippen LogP contribution in [0, 0.1) is 5.92 Å². The SMILES string of the molecule is C=CCC1C=Cc2nc(C(C)C)cc(C(C)C)c2C=C1. The first kappa shape index (κ1) is 14.8. The molecule has 0 saturated heterocycles. The van der Waals surface area contributed by atoms with Gasteiger partial charge >= 0.3 is 0 Å². The zero-order valence-corrected chi connectivity index (χ0v) is 13.1. The van der Waals surface area contributed by atoms with Crippen LogP contribution in [0.15, 0.2) is 30.9 Å². The molecule has 0 bridgehead atoms. The number of fused-ring (bicyclic) bond motifs is 1. The molecule has 0 amide bonds. The Morgan fingerprint density at radius 3 is 2.45 bits per heavy atom. The van der Waals surface area contributed by atoms with Crippen molar-refractivity contribution in [3.8, 4) is 0 Å². The molecule has 1 heterocycles. The van der Waals surface area contributed by atoms with Crippen LogP contribution in [-0.4, -0.2) is 4.98 Å². The summed E-state index contributed by atoms with van der Waals surface area (Å²) in [5.74, 6) is 1.41. The van der Waals surface area contributed by atoms with Crippen molar-refractivity contribution >= 4 is 12.2 Å². The van der Waals surface area contributed by atoms with Crippen LogP contribution in [0.3, 0.4) is 0 Å². The van der Waals surface area contributed by atoms with Crippen LogP contribution in [0.4, 0.5) is 0 Å². The third kappa shape index (κ3) is 3.09. The number of aromatic nitrogens is 1. The summed E-state index contributed by atoms with van der Waals surface area (Å²) >= 11 is 0. The molecule has 0 spiro atoms. The van der Waals surface area contributed by atoms with Gasteiger partial charge < -0.3 is 0 Å². The summed E-state index contributed by atoms with van der Waals surface area (Å²) in [6.07, 6.45) is 11.9. The van der Waals surface area contributed by atoms with Gasteiger partial charge in [-0.2, -0.15) is 0 Å². The summed E-state index contributed by atoms with van der Waals surface area (Å²) < 4.78 is 0. The van der Waals surface area contributed by atoms with E-state index in [2.05, 4.69) is 64.6 Å². The van der Waals surface area contributed by atoms with Crippen molar-refractivity contribution in [3.63, 3.8) is 0 Å². The van der Waals surface area contributed by atoms with Gasteiger partial charge in [-0.05, 0) is 41.9 Å². The molecular weight excluding hydrogens is 242 g/mol. The molecule has 1 aromatic rings. The van der Waals surface area contributed by atoms with E-state index in [-0.39, 0.29) is 0 Å². The van der Waals surface area contributed by atoms with Gasteiger partial charge in [0.2, 0.25) is 0 Å². The molecule has 0 N–H and O–H groups in total. The van der Waals surface area contributed by atoms with Crippen molar-refractivity contribution < 1.29 is 0 Å². The van der Waals surface area contributed by atoms with E-state index in [1.165, 1.54) is 16.8 Å². The molecule has 1 unspecified atom stereocenters. The summed E-state index contributed by atoms with van der Waals surface area (Å²) in [7, 11) is 0. The maximum Gasteiger partial charge on any atom is 0.0705 e. The van der Waals surface area contributed by atoms with Crippen LogP contribution < -0.4 is 0 Å². The fourth-order valence-corrected chi connectivity index (χ4v) is 2.55. The first-order valence-corrected chi connectivity index (χ1v) is 7.55. The Hall–Kier alpha value is -1.63. The average Bonchev–Trinajstić information content (AvgIpc) is 2.60. The lowest BCUT2D eigenvalue weighted by Gasteiger charge is -2.16. The monoisotopic (exact) mass is 267 g/mol. The summed E-state index contributed by atoms with van der Waals surface area (Å²) in [5.41, 5.74) is 4.99. The molecule has 0 fully saturated rings. The Balaban J connectivity index is 2.54. The van der Waals surface area contributed by atoms with Crippen LogP contribution in [0.2, 0.25) is 0 Å². The van der Waals surface area contributed by atoms with E-state index < -0.39 is 0 Å². The van der Waals surface area contributed by atoms with Crippen molar-refractivity contribution in [2.24, 2.45) is 5.92 Å². The minimum atomic E-state index is 0.434. The zero-order valence-electron chi connectivity index (χ0n) is 13.1. The molecule has 20 heavy (non-hydrogen) atoms. The molecule has 1 aliphatic rings. The number of nitrogens with zero attached hydrogens (tertiary/aromatic N) is 1. The second-order valence-electron chi connectivity index (χ2n) is 6.15. The standard InChI is InChI=1S/C19H25N/c1-6-7-15-8-10-16-17(13(2)3)12-19(14(4)5)20-18(16)11-9-15/h6,8-15H,1,7H2,2-5H3. The van der Waals surface area contributed by atoms with Crippen LogP contribution >= 0.6 is 0 Å². The molecule has 2 rings (SSSR count). The minimum absolute atomic E-state index is 0.434.